The highest BCUT2D eigenvalue weighted by Crippen LogP contribution is 2.19. The fourth-order valence-corrected chi connectivity index (χ4v) is 3.10. The molecule has 0 saturated heterocycles. The molecule has 0 aliphatic rings. The molecule has 0 aliphatic heterocycles. The van der Waals surface area contributed by atoms with Gasteiger partial charge in [-0.2, -0.15) is 8.78 Å². The zero-order valence-corrected chi connectivity index (χ0v) is 14.4. The molecule has 22 heavy (non-hydrogen) atoms. The molecule has 0 radical (unpaired) electrons. The Morgan fingerprint density at radius 2 is 1.41 bits per heavy atom. The van der Waals surface area contributed by atoms with Gasteiger partial charge in [0.05, 0.1) is 4.90 Å². The monoisotopic (exact) mass is 333 g/mol. The lowest BCUT2D eigenvalue weighted by atomic mass is 10.1. The Labute approximate surface area is 132 Å². The van der Waals surface area contributed by atoms with Crippen LogP contribution in [0.3, 0.4) is 0 Å². The second-order valence-corrected chi connectivity index (χ2v) is 8.35. The van der Waals surface area contributed by atoms with Crippen LogP contribution in [0.15, 0.2) is 29.2 Å². The number of halogens is 2. The molecule has 0 spiro atoms. The summed E-state index contributed by atoms with van der Waals surface area (Å²) < 4.78 is 47.8. The van der Waals surface area contributed by atoms with Crippen molar-refractivity contribution in [1.82, 2.24) is 4.90 Å². The van der Waals surface area contributed by atoms with Crippen molar-refractivity contribution in [3.63, 3.8) is 0 Å². The number of hydrogen-bond donors (Lipinski definition) is 0. The van der Waals surface area contributed by atoms with Crippen molar-refractivity contribution in [3.8, 4) is 0 Å². The van der Waals surface area contributed by atoms with E-state index in [1.807, 2.05) is 0 Å². The summed E-state index contributed by atoms with van der Waals surface area (Å²) in [5, 5.41) is 0. The van der Waals surface area contributed by atoms with Crippen molar-refractivity contribution < 1.29 is 17.2 Å². The van der Waals surface area contributed by atoms with E-state index in [0.717, 1.165) is 18.7 Å². The Kier molecular flexibility index (Phi) is 6.94. The second-order valence-electron chi connectivity index (χ2n) is 6.43. The zero-order chi connectivity index (χ0) is 16.9. The van der Waals surface area contributed by atoms with E-state index in [1.165, 1.54) is 12.1 Å². The standard InChI is InChI=1S/C16H25F2NO2S/c1-12(2)9-19(10-13(3)4)11-14-5-7-15(8-6-14)22(20,21)16(17)18/h5-8,12-13,16H,9-11H2,1-4H3. The molecule has 0 atom stereocenters. The maximum Gasteiger partial charge on any atom is 0.341 e. The predicted molar refractivity (Wildman–Crippen MR) is 84.6 cm³/mol. The average molecular weight is 333 g/mol. The Morgan fingerprint density at radius 1 is 0.955 bits per heavy atom. The van der Waals surface area contributed by atoms with Crippen LogP contribution in [-0.4, -0.2) is 32.2 Å². The van der Waals surface area contributed by atoms with Gasteiger partial charge < -0.3 is 0 Å². The second kappa shape index (κ2) is 8.02. The van der Waals surface area contributed by atoms with Crippen LogP contribution in [0, 0.1) is 11.8 Å². The van der Waals surface area contributed by atoms with Crippen molar-refractivity contribution in [3.05, 3.63) is 29.8 Å². The van der Waals surface area contributed by atoms with Gasteiger partial charge in [-0.25, -0.2) is 8.42 Å². The summed E-state index contributed by atoms with van der Waals surface area (Å²) in [4.78, 5) is 1.97. The summed E-state index contributed by atoms with van der Waals surface area (Å²) in [7, 11) is -4.51. The molecule has 0 fully saturated rings. The Bertz CT molecular complexity index is 544. The average Bonchev–Trinajstić information content (AvgIpc) is 2.37. The molecular weight excluding hydrogens is 308 g/mol. The third-order valence-corrected chi connectivity index (χ3v) is 4.54. The summed E-state index contributed by atoms with van der Waals surface area (Å²) in [6.45, 7) is 11.1. The summed E-state index contributed by atoms with van der Waals surface area (Å²) >= 11 is 0. The summed E-state index contributed by atoms with van der Waals surface area (Å²) in [5.74, 6) is -2.33. The van der Waals surface area contributed by atoms with Crippen LogP contribution in [0.1, 0.15) is 33.3 Å². The maximum atomic E-state index is 12.5. The maximum absolute atomic E-state index is 12.5. The zero-order valence-electron chi connectivity index (χ0n) is 13.6. The molecule has 0 amide bonds. The Morgan fingerprint density at radius 3 is 1.77 bits per heavy atom. The smallest absolute Gasteiger partial charge is 0.299 e. The fraction of sp³-hybridized carbons (Fsp3) is 0.625. The first-order chi connectivity index (χ1) is 10.1. The number of hydrogen-bond acceptors (Lipinski definition) is 3. The third-order valence-electron chi connectivity index (χ3n) is 3.14. The summed E-state index contributed by atoms with van der Waals surface area (Å²) in [5.41, 5.74) is 0.925. The molecule has 0 aromatic heterocycles. The minimum absolute atomic E-state index is 0.328. The van der Waals surface area contributed by atoms with Gasteiger partial charge in [-0.15, -0.1) is 0 Å². The van der Waals surface area contributed by atoms with Gasteiger partial charge in [-0.1, -0.05) is 39.8 Å². The number of sulfone groups is 1. The van der Waals surface area contributed by atoms with Gasteiger partial charge >= 0.3 is 5.76 Å². The van der Waals surface area contributed by atoms with Crippen LogP contribution < -0.4 is 0 Å². The number of alkyl halides is 2. The van der Waals surface area contributed by atoms with Crippen LogP contribution in [0.4, 0.5) is 8.78 Å². The normalized spacial score (nSPS) is 12.8. The molecule has 1 aromatic rings. The van der Waals surface area contributed by atoms with Crippen LogP contribution in [0.5, 0.6) is 0 Å². The highest BCUT2D eigenvalue weighted by Gasteiger charge is 2.26. The molecule has 1 aromatic carbocycles. The van der Waals surface area contributed by atoms with E-state index < -0.39 is 15.6 Å². The van der Waals surface area contributed by atoms with Gasteiger partial charge in [0.25, 0.3) is 0 Å². The van der Waals surface area contributed by atoms with E-state index >= 15 is 0 Å². The number of nitrogens with zero attached hydrogens (tertiary/aromatic N) is 1. The molecule has 0 unspecified atom stereocenters. The Balaban J connectivity index is 2.85. The highest BCUT2D eigenvalue weighted by atomic mass is 32.2. The lowest BCUT2D eigenvalue weighted by molar-refractivity contribution is 0.211. The van der Waals surface area contributed by atoms with Crippen molar-refractivity contribution >= 4 is 9.84 Å². The molecule has 126 valence electrons. The molecule has 0 heterocycles. The number of benzene rings is 1. The predicted octanol–water partition coefficient (Wildman–Crippen LogP) is 3.80. The summed E-state index contributed by atoms with van der Waals surface area (Å²) in [6.07, 6.45) is 0. The van der Waals surface area contributed by atoms with Gasteiger partial charge in [0.2, 0.25) is 9.84 Å². The third kappa shape index (κ3) is 5.65. The first-order valence-corrected chi connectivity index (χ1v) is 9.01. The van der Waals surface area contributed by atoms with Crippen molar-refractivity contribution in [1.29, 1.82) is 0 Å². The minimum atomic E-state index is -4.51. The minimum Gasteiger partial charge on any atom is -0.299 e. The van der Waals surface area contributed by atoms with E-state index in [4.69, 9.17) is 0 Å². The molecule has 0 N–H and O–H groups in total. The molecule has 0 aliphatic carbocycles. The van der Waals surface area contributed by atoms with E-state index in [9.17, 15) is 17.2 Å². The molecule has 3 nitrogen and oxygen atoms in total. The molecular formula is C16H25F2NO2S. The lowest BCUT2D eigenvalue weighted by Gasteiger charge is -2.26. The van der Waals surface area contributed by atoms with Crippen LogP contribution in [0.25, 0.3) is 0 Å². The van der Waals surface area contributed by atoms with Crippen molar-refractivity contribution in [2.45, 2.75) is 44.9 Å². The number of rotatable bonds is 8. The van der Waals surface area contributed by atoms with E-state index in [2.05, 4.69) is 32.6 Å². The van der Waals surface area contributed by atoms with Gasteiger partial charge in [-0.05, 0) is 29.5 Å². The molecule has 6 heteroatoms. The quantitative estimate of drug-likeness (QED) is 0.726. The van der Waals surface area contributed by atoms with Crippen LogP contribution >= 0.6 is 0 Å². The van der Waals surface area contributed by atoms with Crippen molar-refractivity contribution in [2.75, 3.05) is 13.1 Å². The fourth-order valence-electron chi connectivity index (χ4n) is 2.38. The van der Waals surface area contributed by atoms with Gasteiger partial charge in [-0.3, -0.25) is 4.90 Å². The molecule has 0 bridgehead atoms. The highest BCUT2D eigenvalue weighted by molar-refractivity contribution is 7.91. The SMILES string of the molecule is CC(C)CN(Cc1ccc(S(=O)(=O)C(F)F)cc1)CC(C)C. The van der Waals surface area contributed by atoms with Gasteiger partial charge in [0.1, 0.15) is 0 Å². The van der Waals surface area contributed by atoms with E-state index in [0.29, 0.717) is 18.4 Å². The van der Waals surface area contributed by atoms with Crippen LogP contribution in [-0.2, 0) is 16.4 Å². The molecule has 0 saturated carbocycles. The first kappa shape index (κ1) is 19.0. The van der Waals surface area contributed by atoms with E-state index in [1.54, 1.807) is 12.1 Å². The van der Waals surface area contributed by atoms with Crippen molar-refractivity contribution in [2.24, 2.45) is 11.8 Å². The Hall–Kier alpha value is -1.01. The summed E-state index contributed by atoms with van der Waals surface area (Å²) in [6, 6.07) is 5.76. The van der Waals surface area contributed by atoms with Gasteiger partial charge in [0.15, 0.2) is 0 Å². The van der Waals surface area contributed by atoms with E-state index in [-0.39, 0.29) is 4.90 Å². The largest absolute Gasteiger partial charge is 0.341 e. The molecule has 1 rings (SSSR count). The topological polar surface area (TPSA) is 37.4 Å². The first-order valence-electron chi connectivity index (χ1n) is 7.46. The lowest BCUT2D eigenvalue weighted by Crippen LogP contribution is -2.30. The van der Waals surface area contributed by atoms with Gasteiger partial charge in [0, 0.05) is 19.6 Å². The van der Waals surface area contributed by atoms with Crippen LogP contribution in [0.2, 0.25) is 0 Å².